The first-order valence-corrected chi connectivity index (χ1v) is 9.31. The Kier molecular flexibility index (Phi) is 4.52. The van der Waals surface area contributed by atoms with E-state index in [0.29, 0.717) is 5.56 Å². The number of carbonyl (C=O) groups is 1. The third-order valence-corrected chi connectivity index (χ3v) is 5.16. The zero-order valence-corrected chi connectivity index (χ0v) is 15.7. The lowest BCUT2D eigenvalue weighted by atomic mass is 9.74. The van der Waals surface area contributed by atoms with Gasteiger partial charge in [0.05, 0.1) is 24.3 Å². The number of pyridine rings is 1. The smallest absolute Gasteiger partial charge is 0.253 e. The van der Waals surface area contributed by atoms with Gasteiger partial charge < -0.3 is 5.32 Å². The minimum absolute atomic E-state index is 0.0408. The van der Waals surface area contributed by atoms with Crippen molar-refractivity contribution in [2.45, 2.75) is 39.3 Å². The molecule has 1 aromatic carbocycles. The lowest BCUT2D eigenvalue weighted by molar-refractivity contribution is 0.0918. The van der Waals surface area contributed by atoms with Gasteiger partial charge in [-0.05, 0) is 36.0 Å². The largest absolute Gasteiger partial charge is 0.345 e. The number of rotatable bonds is 4. The Labute approximate surface area is 159 Å². The summed E-state index contributed by atoms with van der Waals surface area (Å²) >= 11 is 0. The molecule has 1 N–H and O–H groups in total. The van der Waals surface area contributed by atoms with Gasteiger partial charge in [0.25, 0.3) is 5.91 Å². The van der Waals surface area contributed by atoms with Crippen LogP contribution in [0.5, 0.6) is 0 Å². The number of nitrogens with one attached hydrogen (secondary N) is 1. The van der Waals surface area contributed by atoms with Crippen LogP contribution in [0.1, 0.15) is 53.5 Å². The van der Waals surface area contributed by atoms with Gasteiger partial charge in [0, 0.05) is 23.7 Å². The summed E-state index contributed by atoms with van der Waals surface area (Å²) in [5.41, 5.74) is 4.24. The Bertz CT molecular complexity index is 931. The third kappa shape index (κ3) is 3.77. The van der Waals surface area contributed by atoms with Gasteiger partial charge in [-0.25, -0.2) is 0 Å². The van der Waals surface area contributed by atoms with E-state index in [1.54, 1.807) is 24.5 Å². The van der Waals surface area contributed by atoms with Crippen LogP contribution in [0.15, 0.2) is 61.1 Å². The number of fused-ring (bicyclic) bond motifs is 1. The fourth-order valence-electron chi connectivity index (χ4n) is 3.86. The van der Waals surface area contributed by atoms with Crippen LogP contribution in [0.3, 0.4) is 0 Å². The number of hydrogen-bond acceptors (Lipinski definition) is 3. The van der Waals surface area contributed by atoms with E-state index in [-0.39, 0.29) is 17.4 Å². The van der Waals surface area contributed by atoms with Gasteiger partial charge in [-0.2, -0.15) is 5.10 Å². The lowest BCUT2D eigenvalue weighted by Crippen LogP contribution is -2.37. The molecule has 0 radical (unpaired) electrons. The molecular formula is C22H24N4O. The first-order valence-electron chi connectivity index (χ1n) is 9.31. The molecule has 0 aliphatic heterocycles. The first kappa shape index (κ1) is 17.5. The van der Waals surface area contributed by atoms with E-state index >= 15 is 0 Å². The molecule has 0 saturated heterocycles. The highest BCUT2D eigenvalue weighted by Gasteiger charge is 2.35. The Balaban J connectivity index is 1.61. The summed E-state index contributed by atoms with van der Waals surface area (Å²) in [7, 11) is 0. The van der Waals surface area contributed by atoms with Crippen molar-refractivity contribution in [3.05, 3.63) is 83.4 Å². The zero-order chi connectivity index (χ0) is 18.9. The summed E-state index contributed by atoms with van der Waals surface area (Å²) in [6, 6.07) is 13.9. The molecule has 3 aromatic rings. The molecule has 2 aromatic heterocycles. The summed E-state index contributed by atoms with van der Waals surface area (Å²) in [6.07, 6.45) is 7.04. The van der Waals surface area contributed by atoms with Crippen molar-refractivity contribution in [2.24, 2.45) is 5.41 Å². The monoisotopic (exact) mass is 360 g/mol. The quantitative estimate of drug-likeness (QED) is 0.770. The van der Waals surface area contributed by atoms with Gasteiger partial charge in [-0.1, -0.05) is 44.2 Å². The highest BCUT2D eigenvalue weighted by atomic mass is 16.1. The fraction of sp³-hybridized carbons (Fsp3) is 0.318. The second-order valence-electron chi connectivity index (χ2n) is 8.00. The number of benzene rings is 1. The molecule has 2 heterocycles. The van der Waals surface area contributed by atoms with E-state index in [1.165, 1.54) is 11.3 Å². The van der Waals surface area contributed by atoms with Crippen molar-refractivity contribution in [1.29, 1.82) is 0 Å². The second kappa shape index (κ2) is 6.99. The summed E-state index contributed by atoms with van der Waals surface area (Å²) < 4.78 is 2.08. The van der Waals surface area contributed by atoms with Crippen LogP contribution in [-0.4, -0.2) is 20.7 Å². The minimum Gasteiger partial charge on any atom is -0.345 e. The molecule has 1 aliphatic carbocycles. The van der Waals surface area contributed by atoms with Crippen LogP contribution in [0, 0.1) is 5.41 Å². The molecule has 1 aliphatic rings. The van der Waals surface area contributed by atoms with Crippen LogP contribution in [0.4, 0.5) is 0 Å². The number of nitrogens with zero attached hydrogens (tertiary/aromatic N) is 3. The Morgan fingerprint density at radius 2 is 2.00 bits per heavy atom. The first-order chi connectivity index (χ1) is 13.0. The summed E-state index contributed by atoms with van der Waals surface area (Å²) in [5.74, 6) is -0.0902. The SMILES string of the molecule is CC1(C)Cc2c(cnn2Cc2ccccc2)[C@@H](NC(=O)c2cccnc2)C1. The molecule has 138 valence electrons. The van der Waals surface area contributed by atoms with Crippen LogP contribution in [-0.2, 0) is 13.0 Å². The van der Waals surface area contributed by atoms with Crippen molar-refractivity contribution < 1.29 is 4.79 Å². The van der Waals surface area contributed by atoms with E-state index < -0.39 is 0 Å². The minimum atomic E-state index is -0.0902. The Morgan fingerprint density at radius 1 is 1.19 bits per heavy atom. The predicted molar refractivity (Wildman–Crippen MR) is 104 cm³/mol. The second-order valence-corrected chi connectivity index (χ2v) is 8.00. The summed E-state index contributed by atoms with van der Waals surface area (Å²) in [4.78, 5) is 16.7. The van der Waals surface area contributed by atoms with E-state index in [2.05, 4.69) is 46.1 Å². The average Bonchev–Trinajstić information content (AvgIpc) is 3.05. The Morgan fingerprint density at radius 3 is 2.74 bits per heavy atom. The maximum Gasteiger partial charge on any atom is 0.253 e. The van der Waals surface area contributed by atoms with Gasteiger partial charge in [-0.15, -0.1) is 0 Å². The van der Waals surface area contributed by atoms with Gasteiger partial charge in [-0.3, -0.25) is 14.5 Å². The normalized spacial score (nSPS) is 17.9. The molecule has 5 nitrogen and oxygen atoms in total. The average molecular weight is 360 g/mol. The molecule has 27 heavy (non-hydrogen) atoms. The van der Waals surface area contributed by atoms with E-state index in [0.717, 1.165) is 24.9 Å². The fourth-order valence-corrected chi connectivity index (χ4v) is 3.86. The maximum absolute atomic E-state index is 12.7. The van der Waals surface area contributed by atoms with Gasteiger partial charge in [0.1, 0.15) is 0 Å². The molecule has 1 amide bonds. The van der Waals surface area contributed by atoms with Crippen LogP contribution in [0.25, 0.3) is 0 Å². The van der Waals surface area contributed by atoms with E-state index in [9.17, 15) is 4.79 Å². The van der Waals surface area contributed by atoms with Crippen molar-refractivity contribution in [1.82, 2.24) is 20.1 Å². The summed E-state index contributed by atoms with van der Waals surface area (Å²) in [5, 5.41) is 7.83. The predicted octanol–water partition coefficient (Wildman–Crippen LogP) is 3.77. The zero-order valence-electron chi connectivity index (χ0n) is 15.7. The number of carbonyl (C=O) groups excluding carboxylic acids is 1. The topological polar surface area (TPSA) is 59.8 Å². The molecule has 0 spiro atoms. The van der Waals surface area contributed by atoms with Crippen molar-refractivity contribution in [2.75, 3.05) is 0 Å². The number of amides is 1. The number of aromatic nitrogens is 3. The lowest BCUT2D eigenvalue weighted by Gasteiger charge is -2.36. The van der Waals surface area contributed by atoms with E-state index in [4.69, 9.17) is 0 Å². The van der Waals surface area contributed by atoms with E-state index in [1.807, 2.05) is 24.4 Å². The summed E-state index contributed by atoms with van der Waals surface area (Å²) in [6.45, 7) is 5.24. The highest BCUT2D eigenvalue weighted by molar-refractivity contribution is 5.94. The van der Waals surface area contributed by atoms with Crippen LogP contribution < -0.4 is 5.32 Å². The third-order valence-electron chi connectivity index (χ3n) is 5.16. The van der Waals surface area contributed by atoms with Crippen molar-refractivity contribution in [3.8, 4) is 0 Å². The molecular weight excluding hydrogens is 336 g/mol. The number of hydrogen-bond donors (Lipinski definition) is 1. The highest BCUT2D eigenvalue weighted by Crippen LogP contribution is 2.40. The van der Waals surface area contributed by atoms with Crippen LogP contribution >= 0.6 is 0 Å². The van der Waals surface area contributed by atoms with Crippen LogP contribution in [0.2, 0.25) is 0 Å². The molecule has 5 heteroatoms. The molecule has 1 atom stereocenters. The van der Waals surface area contributed by atoms with Crippen molar-refractivity contribution in [3.63, 3.8) is 0 Å². The molecule has 0 fully saturated rings. The van der Waals surface area contributed by atoms with Gasteiger partial charge in [0.2, 0.25) is 0 Å². The van der Waals surface area contributed by atoms with Gasteiger partial charge in [0.15, 0.2) is 0 Å². The Hall–Kier alpha value is -2.95. The molecule has 4 rings (SSSR count). The molecule has 0 saturated carbocycles. The molecule has 0 bridgehead atoms. The van der Waals surface area contributed by atoms with Gasteiger partial charge >= 0.3 is 0 Å². The maximum atomic E-state index is 12.7. The standard InChI is InChI=1S/C22H24N4O/c1-22(2)11-19(25-21(27)17-9-6-10-23-13-17)18-14-24-26(20(18)12-22)15-16-7-4-3-5-8-16/h3-10,13-14,19H,11-12,15H2,1-2H3,(H,25,27)/t19-/m0/s1. The van der Waals surface area contributed by atoms with Crippen molar-refractivity contribution >= 4 is 5.91 Å². The molecule has 0 unspecified atom stereocenters.